The number of ether oxygens (including phenoxy) is 2. The van der Waals surface area contributed by atoms with Gasteiger partial charge in [-0.2, -0.15) is 0 Å². The van der Waals surface area contributed by atoms with Crippen molar-refractivity contribution >= 4 is 11.8 Å². The van der Waals surface area contributed by atoms with E-state index in [-0.39, 0.29) is 11.8 Å². The first-order chi connectivity index (χ1) is 21.7. The molecule has 242 valence electrons. The molecule has 0 unspecified atom stereocenters. The Labute approximate surface area is 265 Å². The van der Waals surface area contributed by atoms with Crippen LogP contribution in [0.15, 0.2) is 79.1 Å². The van der Waals surface area contributed by atoms with Crippen molar-refractivity contribution in [3.63, 3.8) is 0 Å². The van der Waals surface area contributed by atoms with Gasteiger partial charge in [0.1, 0.15) is 0 Å². The normalized spacial score (nSPS) is 14.6. The van der Waals surface area contributed by atoms with Crippen molar-refractivity contribution in [3.05, 3.63) is 90.3 Å². The van der Waals surface area contributed by atoms with Crippen molar-refractivity contribution in [1.29, 1.82) is 0 Å². The van der Waals surface area contributed by atoms with Crippen LogP contribution in [0.4, 0.5) is 0 Å². The van der Waals surface area contributed by atoms with Crippen LogP contribution in [0.25, 0.3) is 0 Å². The summed E-state index contributed by atoms with van der Waals surface area (Å²) in [5, 5.41) is 5.73. The molecule has 0 radical (unpaired) electrons. The number of allylic oxidation sites excluding steroid dienone is 10. The van der Waals surface area contributed by atoms with E-state index < -0.39 is 0 Å². The molecule has 1 aromatic heterocycles. The number of pyridine rings is 1. The van der Waals surface area contributed by atoms with E-state index in [0.717, 1.165) is 89.9 Å². The minimum Gasteiger partial charge on any atom is -0.379 e. The van der Waals surface area contributed by atoms with Gasteiger partial charge in [0.25, 0.3) is 5.91 Å². The highest BCUT2D eigenvalue weighted by Crippen LogP contribution is 2.04. The predicted octanol–water partition coefficient (Wildman–Crippen LogP) is 5.74. The second kappa shape index (κ2) is 26.1. The Kier molecular flexibility index (Phi) is 21.9. The van der Waals surface area contributed by atoms with E-state index in [1.807, 2.05) is 12.1 Å². The highest BCUT2D eigenvalue weighted by atomic mass is 16.5. The third-order valence-electron chi connectivity index (χ3n) is 6.91. The van der Waals surface area contributed by atoms with Crippen LogP contribution in [0, 0.1) is 0 Å². The smallest absolute Gasteiger partial charge is 0.252 e. The molecule has 44 heavy (non-hydrogen) atoms. The summed E-state index contributed by atoms with van der Waals surface area (Å²) in [6.07, 6.45) is 31.5. The summed E-state index contributed by atoms with van der Waals surface area (Å²) in [4.78, 5) is 31.1. The monoisotopic (exact) mass is 606 g/mol. The van der Waals surface area contributed by atoms with Gasteiger partial charge in [-0.25, -0.2) is 0 Å². The van der Waals surface area contributed by atoms with E-state index in [2.05, 4.69) is 88.2 Å². The summed E-state index contributed by atoms with van der Waals surface area (Å²) in [5.74, 6) is -0.128. The molecule has 2 rings (SSSR count). The van der Waals surface area contributed by atoms with Gasteiger partial charge in [-0.3, -0.25) is 19.5 Å². The zero-order chi connectivity index (χ0) is 31.3. The van der Waals surface area contributed by atoms with Crippen LogP contribution in [0.2, 0.25) is 0 Å². The molecule has 8 heteroatoms. The van der Waals surface area contributed by atoms with Crippen molar-refractivity contribution < 1.29 is 19.1 Å². The highest BCUT2D eigenvalue weighted by molar-refractivity contribution is 5.93. The highest BCUT2D eigenvalue weighted by Gasteiger charge is 2.11. The molecule has 8 nitrogen and oxygen atoms in total. The summed E-state index contributed by atoms with van der Waals surface area (Å²) < 4.78 is 10.9. The quantitative estimate of drug-likeness (QED) is 0.122. The number of carbonyl (C=O) groups is 2. The van der Waals surface area contributed by atoms with E-state index >= 15 is 0 Å². The number of aromatic nitrogens is 1. The molecule has 1 fully saturated rings. The first kappa shape index (κ1) is 36.9. The number of carbonyl (C=O) groups excluding carboxylic acids is 2. The summed E-state index contributed by atoms with van der Waals surface area (Å²) in [6.45, 7) is 8.26. The van der Waals surface area contributed by atoms with Crippen LogP contribution < -0.4 is 10.6 Å². The molecular formula is C36H54N4O4. The van der Waals surface area contributed by atoms with Crippen molar-refractivity contribution in [2.24, 2.45) is 0 Å². The van der Waals surface area contributed by atoms with Gasteiger partial charge in [-0.05, 0) is 57.1 Å². The number of hydrogen-bond acceptors (Lipinski definition) is 6. The standard InChI is InChI=1S/C36H54N4O4/c1-2-3-4-5-6-7-8-9-10-11-12-13-14-15-16-17-18-19-35(41)37-23-28-43-29-24-38-36(42)33-20-21-34(39-32-33)22-25-40-26-30-44-31-27-40/h3-4,6-7,9-10,12-13,15-16,20-21,32H,2,5,8,11,14,17-19,22-31H2,1H3,(H,37,41)(H,38,42). The molecule has 1 aliphatic rings. The molecular weight excluding hydrogens is 552 g/mol. The van der Waals surface area contributed by atoms with Gasteiger partial charge < -0.3 is 20.1 Å². The molecule has 1 aromatic rings. The van der Waals surface area contributed by atoms with Crippen LogP contribution >= 0.6 is 0 Å². The molecule has 0 bridgehead atoms. The number of rotatable bonds is 23. The van der Waals surface area contributed by atoms with Gasteiger partial charge in [-0.15, -0.1) is 0 Å². The number of nitrogens with one attached hydrogen (secondary N) is 2. The number of nitrogens with zero attached hydrogens (tertiary/aromatic N) is 2. The zero-order valence-electron chi connectivity index (χ0n) is 26.8. The Bertz CT molecular complexity index is 1040. The third-order valence-corrected chi connectivity index (χ3v) is 6.91. The number of amides is 2. The molecule has 2 amide bonds. The second-order valence-electron chi connectivity index (χ2n) is 10.6. The lowest BCUT2D eigenvalue weighted by atomic mass is 10.2. The Morgan fingerprint density at radius 3 is 2.09 bits per heavy atom. The fourth-order valence-corrected chi connectivity index (χ4v) is 4.35. The predicted molar refractivity (Wildman–Crippen MR) is 180 cm³/mol. The van der Waals surface area contributed by atoms with Crippen molar-refractivity contribution in [2.75, 3.05) is 59.2 Å². The van der Waals surface area contributed by atoms with Gasteiger partial charge >= 0.3 is 0 Å². The summed E-state index contributed by atoms with van der Waals surface area (Å²) in [6, 6.07) is 3.73. The molecule has 0 aromatic carbocycles. The summed E-state index contributed by atoms with van der Waals surface area (Å²) in [5.41, 5.74) is 1.52. The van der Waals surface area contributed by atoms with Crippen molar-refractivity contribution in [1.82, 2.24) is 20.5 Å². The Morgan fingerprint density at radius 2 is 1.48 bits per heavy atom. The first-order valence-electron chi connectivity index (χ1n) is 16.3. The molecule has 0 spiro atoms. The molecule has 1 saturated heterocycles. The van der Waals surface area contributed by atoms with Gasteiger partial charge in [0, 0.05) is 57.5 Å². The fourth-order valence-electron chi connectivity index (χ4n) is 4.35. The lowest BCUT2D eigenvalue weighted by Gasteiger charge is -2.26. The van der Waals surface area contributed by atoms with Crippen LogP contribution in [-0.2, 0) is 20.7 Å². The minimum atomic E-state index is -0.165. The Balaban J connectivity index is 1.38. The largest absolute Gasteiger partial charge is 0.379 e. The average Bonchev–Trinajstić information content (AvgIpc) is 3.05. The van der Waals surface area contributed by atoms with E-state index in [0.29, 0.717) is 38.3 Å². The summed E-state index contributed by atoms with van der Waals surface area (Å²) >= 11 is 0. The topological polar surface area (TPSA) is 92.8 Å². The third kappa shape index (κ3) is 19.8. The lowest BCUT2D eigenvalue weighted by molar-refractivity contribution is -0.121. The van der Waals surface area contributed by atoms with E-state index in [4.69, 9.17) is 9.47 Å². The minimum absolute atomic E-state index is 0.0372. The maximum Gasteiger partial charge on any atom is 0.252 e. The Morgan fingerprint density at radius 1 is 0.864 bits per heavy atom. The van der Waals surface area contributed by atoms with Gasteiger partial charge in [0.2, 0.25) is 5.91 Å². The number of unbranched alkanes of at least 4 members (excludes halogenated alkanes) is 1. The van der Waals surface area contributed by atoms with Gasteiger partial charge in [0.15, 0.2) is 0 Å². The first-order valence-corrected chi connectivity index (χ1v) is 16.3. The molecule has 2 heterocycles. The number of hydrogen-bond donors (Lipinski definition) is 2. The van der Waals surface area contributed by atoms with Gasteiger partial charge in [0.05, 0.1) is 32.0 Å². The molecule has 1 aliphatic heterocycles. The lowest BCUT2D eigenvalue weighted by Crippen LogP contribution is -2.37. The average molecular weight is 607 g/mol. The van der Waals surface area contributed by atoms with Crippen LogP contribution in [0.5, 0.6) is 0 Å². The van der Waals surface area contributed by atoms with Crippen molar-refractivity contribution in [2.45, 2.75) is 64.7 Å². The second-order valence-corrected chi connectivity index (χ2v) is 10.6. The van der Waals surface area contributed by atoms with Crippen molar-refractivity contribution in [3.8, 4) is 0 Å². The van der Waals surface area contributed by atoms with Gasteiger partial charge in [-0.1, -0.05) is 67.7 Å². The molecule has 2 N–H and O–H groups in total. The fraction of sp³-hybridized carbons (Fsp3) is 0.528. The van der Waals surface area contributed by atoms with E-state index in [1.165, 1.54) is 0 Å². The van der Waals surface area contributed by atoms with Crippen LogP contribution in [0.1, 0.15) is 74.3 Å². The van der Waals surface area contributed by atoms with E-state index in [1.54, 1.807) is 6.20 Å². The molecule has 0 saturated carbocycles. The zero-order valence-corrected chi connectivity index (χ0v) is 26.8. The number of morpholine rings is 1. The maximum absolute atomic E-state index is 12.3. The van der Waals surface area contributed by atoms with E-state index in [9.17, 15) is 9.59 Å². The SMILES string of the molecule is CCC=CCC=CCC=CCC=CCC=CCCCC(=O)NCCOCCNC(=O)c1ccc(CCN2CCOCC2)nc1. The molecule has 0 aliphatic carbocycles. The van der Waals surface area contributed by atoms with Crippen LogP contribution in [0.3, 0.4) is 0 Å². The van der Waals surface area contributed by atoms with Crippen LogP contribution in [-0.4, -0.2) is 80.8 Å². The Hall–Kier alpha value is -3.33. The summed E-state index contributed by atoms with van der Waals surface area (Å²) in [7, 11) is 0. The maximum atomic E-state index is 12.3. The molecule has 0 atom stereocenters.